The lowest BCUT2D eigenvalue weighted by Crippen LogP contribution is -2.29. The van der Waals surface area contributed by atoms with E-state index in [2.05, 4.69) is 25.7 Å². The lowest BCUT2D eigenvalue weighted by Gasteiger charge is -2.11. The SMILES string of the molecule is C[Si](C)(C)[C@H]1O[C@H]1c1ccccc1Cl. The van der Waals surface area contributed by atoms with Crippen LogP contribution in [0.1, 0.15) is 11.7 Å². The highest BCUT2D eigenvalue weighted by Gasteiger charge is 2.49. The summed E-state index contributed by atoms with van der Waals surface area (Å²) >= 11 is 6.11. The maximum Gasteiger partial charge on any atom is 0.107 e. The Morgan fingerprint density at radius 2 is 1.86 bits per heavy atom. The van der Waals surface area contributed by atoms with Crippen LogP contribution < -0.4 is 0 Å². The third-order valence-corrected chi connectivity index (χ3v) is 5.05. The Morgan fingerprint density at radius 1 is 1.21 bits per heavy atom. The maximum absolute atomic E-state index is 6.11. The predicted molar refractivity (Wildman–Crippen MR) is 62.4 cm³/mol. The van der Waals surface area contributed by atoms with Crippen molar-refractivity contribution in [3.63, 3.8) is 0 Å². The molecule has 0 unspecified atom stereocenters. The van der Waals surface area contributed by atoms with Crippen molar-refractivity contribution in [1.82, 2.24) is 0 Å². The monoisotopic (exact) mass is 226 g/mol. The van der Waals surface area contributed by atoms with Gasteiger partial charge in [0.2, 0.25) is 0 Å². The van der Waals surface area contributed by atoms with Crippen molar-refractivity contribution in [2.75, 3.05) is 0 Å². The van der Waals surface area contributed by atoms with Crippen molar-refractivity contribution >= 4 is 19.7 Å². The molecule has 0 aliphatic carbocycles. The molecule has 3 heteroatoms. The van der Waals surface area contributed by atoms with Crippen molar-refractivity contribution in [3.05, 3.63) is 34.9 Å². The van der Waals surface area contributed by atoms with Crippen molar-refractivity contribution in [2.24, 2.45) is 0 Å². The molecule has 1 aromatic rings. The molecule has 2 rings (SSSR count). The molecule has 14 heavy (non-hydrogen) atoms. The molecule has 76 valence electrons. The minimum absolute atomic E-state index is 0.260. The Kier molecular flexibility index (Phi) is 2.46. The van der Waals surface area contributed by atoms with Gasteiger partial charge in [-0.1, -0.05) is 49.4 Å². The summed E-state index contributed by atoms with van der Waals surface area (Å²) in [7, 11) is -1.17. The second-order valence-electron chi connectivity index (χ2n) is 4.86. The molecule has 0 saturated carbocycles. The van der Waals surface area contributed by atoms with E-state index in [0.29, 0.717) is 5.73 Å². The van der Waals surface area contributed by atoms with Gasteiger partial charge in [-0.2, -0.15) is 0 Å². The van der Waals surface area contributed by atoms with Gasteiger partial charge in [-0.25, -0.2) is 0 Å². The van der Waals surface area contributed by atoms with Crippen LogP contribution in [0.15, 0.2) is 24.3 Å². The van der Waals surface area contributed by atoms with Crippen molar-refractivity contribution < 1.29 is 4.74 Å². The number of epoxide rings is 1. The van der Waals surface area contributed by atoms with Crippen molar-refractivity contribution in [3.8, 4) is 0 Å². The molecule has 1 aromatic carbocycles. The molecule has 0 radical (unpaired) electrons. The third kappa shape index (κ3) is 1.87. The van der Waals surface area contributed by atoms with Crippen LogP contribution in [0.5, 0.6) is 0 Å². The molecule has 0 amide bonds. The summed E-state index contributed by atoms with van der Waals surface area (Å²) < 4.78 is 5.73. The number of hydrogen-bond donors (Lipinski definition) is 0. The smallest absolute Gasteiger partial charge is 0.107 e. The van der Waals surface area contributed by atoms with Crippen molar-refractivity contribution in [2.45, 2.75) is 31.5 Å². The molecule has 0 spiro atoms. The second kappa shape index (κ2) is 3.37. The Hall–Kier alpha value is -0.313. The number of rotatable bonds is 2. The van der Waals surface area contributed by atoms with E-state index in [9.17, 15) is 0 Å². The average molecular weight is 227 g/mol. The fourth-order valence-electron chi connectivity index (χ4n) is 1.71. The minimum Gasteiger partial charge on any atom is -0.368 e. The standard InChI is InChI=1S/C11H15ClOSi/c1-14(2,3)11-10(13-11)8-6-4-5-7-9(8)12/h4-7,10-11H,1-3H3/t10-,11+/m0/s1. The van der Waals surface area contributed by atoms with Gasteiger partial charge in [0.05, 0.1) is 13.8 Å². The Bertz CT molecular complexity index is 345. The number of benzene rings is 1. The van der Waals surface area contributed by atoms with E-state index in [-0.39, 0.29) is 6.10 Å². The average Bonchev–Trinajstić information content (AvgIpc) is 2.83. The van der Waals surface area contributed by atoms with E-state index < -0.39 is 8.07 Å². The van der Waals surface area contributed by atoms with E-state index in [1.807, 2.05) is 18.2 Å². The summed E-state index contributed by atoms with van der Waals surface area (Å²) in [5.41, 5.74) is 1.60. The first-order valence-corrected chi connectivity index (χ1v) is 8.85. The van der Waals surface area contributed by atoms with Gasteiger partial charge in [-0.3, -0.25) is 0 Å². The van der Waals surface area contributed by atoms with Crippen LogP contribution >= 0.6 is 11.6 Å². The predicted octanol–water partition coefficient (Wildman–Crippen LogP) is 3.66. The molecule has 2 atom stereocenters. The number of hydrogen-bond acceptors (Lipinski definition) is 1. The third-order valence-electron chi connectivity index (χ3n) is 2.56. The zero-order valence-corrected chi connectivity index (χ0v) is 10.5. The van der Waals surface area contributed by atoms with Crippen LogP contribution in [-0.4, -0.2) is 13.8 Å². The zero-order chi connectivity index (χ0) is 10.3. The largest absolute Gasteiger partial charge is 0.368 e. The van der Waals surface area contributed by atoms with E-state index in [1.54, 1.807) is 0 Å². The lowest BCUT2D eigenvalue weighted by molar-refractivity contribution is 0.400. The quantitative estimate of drug-likeness (QED) is 0.554. The van der Waals surface area contributed by atoms with E-state index >= 15 is 0 Å². The lowest BCUT2D eigenvalue weighted by atomic mass is 10.2. The van der Waals surface area contributed by atoms with E-state index in [4.69, 9.17) is 16.3 Å². The summed E-state index contributed by atoms with van der Waals surface area (Å²) in [5.74, 6) is 0. The molecule has 1 nitrogen and oxygen atoms in total. The van der Waals surface area contributed by atoms with Gasteiger partial charge in [0.25, 0.3) is 0 Å². The fraction of sp³-hybridized carbons (Fsp3) is 0.455. The molecule has 1 saturated heterocycles. The van der Waals surface area contributed by atoms with Gasteiger partial charge in [0.1, 0.15) is 6.10 Å². The Labute approximate surface area is 91.0 Å². The Balaban J connectivity index is 2.18. The highest BCUT2D eigenvalue weighted by atomic mass is 35.5. The summed E-state index contributed by atoms with van der Waals surface area (Å²) in [6, 6.07) is 7.97. The van der Waals surface area contributed by atoms with Gasteiger partial charge < -0.3 is 4.74 Å². The van der Waals surface area contributed by atoms with Gasteiger partial charge in [0.15, 0.2) is 0 Å². The zero-order valence-electron chi connectivity index (χ0n) is 8.75. The van der Waals surface area contributed by atoms with Crippen LogP contribution in [-0.2, 0) is 4.74 Å². The topological polar surface area (TPSA) is 12.5 Å². The first-order chi connectivity index (χ1) is 6.50. The molecular weight excluding hydrogens is 212 g/mol. The molecule has 0 aromatic heterocycles. The van der Waals surface area contributed by atoms with Crippen LogP contribution in [0.3, 0.4) is 0 Å². The maximum atomic E-state index is 6.11. The summed E-state index contributed by atoms with van der Waals surface area (Å²) in [6.07, 6.45) is 0.260. The summed E-state index contributed by atoms with van der Waals surface area (Å²) in [6.45, 7) is 6.98. The highest BCUT2D eigenvalue weighted by molar-refractivity contribution is 6.78. The van der Waals surface area contributed by atoms with Crippen LogP contribution in [0, 0.1) is 0 Å². The summed E-state index contributed by atoms with van der Waals surface area (Å²) in [5, 5.41) is 0.832. The fourth-order valence-corrected chi connectivity index (χ4v) is 3.60. The number of ether oxygens (including phenoxy) is 1. The molecule has 1 aliphatic heterocycles. The molecule has 1 aliphatic rings. The minimum atomic E-state index is -1.17. The Morgan fingerprint density at radius 3 is 2.36 bits per heavy atom. The molecular formula is C11H15ClOSi. The van der Waals surface area contributed by atoms with Crippen LogP contribution in [0.2, 0.25) is 24.7 Å². The van der Waals surface area contributed by atoms with Gasteiger partial charge in [-0.15, -0.1) is 0 Å². The second-order valence-corrected chi connectivity index (χ2v) is 10.6. The first-order valence-electron chi connectivity index (χ1n) is 4.90. The van der Waals surface area contributed by atoms with Gasteiger partial charge in [0, 0.05) is 10.6 Å². The van der Waals surface area contributed by atoms with Gasteiger partial charge in [-0.05, 0) is 6.07 Å². The van der Waals surface area contributed by atoms with Crippen LogP contribution in [0.4, 0.5) is 0 Å². The van der Waals surface area contributed by atoms with Crippen molar-refractivity contribution in [1.29, 1.82) is 0 Å². The molecule has 0 N–H and O–H groups in total. The normalized spacial score (nSPS) is 26.3. The number of halogens is 1. The molecule has 1 heterocycles. The van der Waals surface area contributed by atoms with E-state index in [0.717, 1.165) is 10.6 Å². The molecule has 0 bridgehead atoms. The van der Waals surface area contributed by atoms with E-state index in [1.165, 1.54) is 0 Å². The summed E-state index contributed by atoms with van der Waals surface area (Å²) in [4.78, 5) is 0. The van der Waals surface area contributed by atoms with Crippen LogP contribution in [0.25, 0.3) is 0 Å². The highest BCUT2D eigenvalue weighted by Crippen LogP contribution is 2.46. The molecule has 1 fully saturated rings. The van der Waals surface area contributed by atoms with Gasteiger partial charge >= 0.3 is 0 Å². The first kappa shape index (κ1) is 10.2.